The summed E-state index contributed by atoms with van der Waals surface area (Å²) in [6.45, 7) is 9.93. The molecule has 0 spiro atoms. The van der Waals surface area contributed by atoms with Crippen LogP contribution in [0.3, 0.4) is 0 Å². The smallest absolute Gasteiger partial charge is 0.392 e. The van der Waals surface area contributed by atoms with Crippen molar-refractivity contribution in [2.24, 2.45) is 0 Å². The fourth-order valence-electron chi connectivity index (χ4n) is 5.54. The van der Waals surface area contributed by atoms with Crippen LogP contribution in [0.25, 0.3) is 11.3 Å². The van der Waals surface area contributed by atoms with Gasteiger partial charge in [0.25, 0.3) is 0 Å². The van der Waals surface area contributed by atoms with Crippen LogP contribution in [-0.4, -0.2) is 63.3 Å². The first-order valence-corrected chi connectivity index (χ1v) is 13.9. The molecule has 5 rings (SSSR count). The topological polar surface area (TPSA) is 81.5 Å². The Kier molecular flexibility index (Phi) is 7.85. The predicted octanol–water partition coefficient (Wildman–Crippen LogP) is 5.27. The summed E-state index contributed by atoms with van der Waals surface area (Å²) < 4.78 is 41.6. The molecule has 2 atom stereocenters. The number of hydrogen-bond donors (Lipinski definition) is 1. The van der Waals surface area contributed by atoms with E-state index in [-0.39, 0.29) is 23.3 Å². The first-order chi connectivity index (χ1) is 19.0. The zero-order valence-corrected chi connectivity index (χ0v) is 23.4. The van der Waals surface area contributed by atoms with Crippen molar-refractivity contribution in [1.29, 1.82) is 0 Å². The summed E-state index contributed by atoms with van der Waals surface area (Å²) in [5.41, 5.74) is 2.06. The van der Waals surface area contributed by atoms with Gasteiger partial charge >= 0.3 is 6.18 Å². The van der Waals surface area contributed by atoms with Crippen LogP contribution in [0.15, 0.2) is 36.7 Å². The Morgan fingerprint density at radius 1 is 1.00 bits per heavy atom. The fourth-order valence-corrected chi connectivity index (χ4v) is 5.54. The molecule has 0 saturated carbocycles. The third-order valence-electron chi connectivity index (χ3n) is 7.81. The molecule has 3 aromatic rings. The van der Waals surface area contributed by atoms with Gasteiger partial charge in [-0.1, -0.05) is 13.8 Å². The molecule has 11 heteroatoms. The van der Waals surface area contributed by atoms with Crippen molar-refractivity contribution < 1.29 is 18.3 Å². The largest absolute Gasteiger partial charge is 0.419 e. The van der Waals surface area contributed by atoms with E-state index in [1.165, 1.54) is 6.20 Å². The van der Waals surface area contributed by atoms with E-state index in [0.717, 1.165) is 48.2 Å². The molecular weight excluding hydrogens is 519 g/mol. The van der Waals surface area contributed by atoms with Gasteiger partial charge in [-0.25, -0.2) is 9.97 Å². The minimum Gasteiger partial charge on any atom is -0.392 e. The average Bonchev–Trinajstić information content (AvgIpc) is 3.37. The number of hydrogen-bond acceptors (Lipinski definition) is 8. The molecule has 8 nitrogen and oxygen atoms in total. The number of pyridine rings is 2. The van der Waals surface area contributed by atoms with Gasteiger partial charge in [-0.15, -0.1) is 0 Å². The van der Waals surface area contributed by atoms with Gasteiger partial charge in [0.05, 0.1) is 17.9 Å². The minimum absolute atomic E-state index is 0.107. The average molecular weight is 556 g/mol. The molecule has 0 unspecified atom stereocenters. The lowest BCUT2D eigenvalue weighted by Gasteiger charge is -2.42. The maximum atomic E-state index is 13.9. The minimum atomic E-state index is -4.57. The molecule has 214 valence electrons. The number of aromatic nitrogens is 4. The van der Waals surface area contributed by atoms with E-state index >= 15 is 0 Å². The molecule has 2 fully saturated rings. The Hall–Kier alpha value is -3.47. The van der Waals surface area contributed by atoms with Crippen LogP contribution in [0.1, 0.15) is 63.3 Å². The van der Waals surface area contributed by atoms with E-state index in [9.17, 15) is 18.3 Å². The summed E-state index contributed by atoms with van der Waals surface area (Å²) in [7, 11) is 0. The van der Waals surface area contributed by atoms with Crippen molar-refractivity contribution in [1.82, 2.24) is 19.9 Å². The Balaban J connectivity index is 1.48. The van der Waals surface area contributed by atoms with Crippen LogP contribution in [0, 0.1) is 0 Å². The van der Waals surface area contributed by atoms with Crippen LogP contribution >= 0.6 is 0 Å². The predicted molar refractivity (Wildman–Crippen MR) is 150 cm³/mol. The molecule has 2 aliphatic heterocycles. The number of alkyl halides is 3. The molecule has 0 aliphatic carbocycles. The van der Waals surface area contributed by atoms with Crippen molar-refractivity contribution in [3.05, 3.63) is 53.5 Å². The highest BCUT2D eigenvalue weighted by Crippen LogP contribution is 2.37. The van der Waals surface area contributed by atoms with Crippen LogP contribution in [0.5, 0.6) is 0 Å². The zero-order valence-electron chi connectivity index (χ0n) is 23.4. The zero-order chi connectivity index (χ0) is 28.6. The quantitative estimate of drug-likeness (QED) is 0.441. The standard InChI is InChI=1S/C29H36F3N7O/c1-18(2)24-13-22(7-8-33-24)25-14-26(36-28(35-25)39-9-5-6-19(39)3)38-11-10-37(16-20(38)4)27-23(29(30,31)32)12-21(17-40)15-34-27/h7-8,12-15,18-20,40H,5-6,9-11,16-17H2,1-4H3/t19-,20+/m0/s1. The van der Waals surface area contributed by atoms with Gasteiger partial charge in [-0.05, 0) is 56.4 Å². The summed E-state index contributed by atoms with van der Waals surface area (Å²) in [5, 5.41) is 9.35. The van der Waals surface area contributed by atoms with Crippen molar-refractivity contribution in [3.8, 4) is 11.3 Å². The van der Waals surface area contributed by atoms with E-state index in [1.54, 1.807) is 11.1 Å². The van der Waals surface area contributed by atoms with Gasteiger partial charge in [-0.2, -0.15) is 18.2 Å². The number of nitrogens with zero attached hydrogens (tertiary/aromatic N) is 7. The SMILES string of the molecule is CC(C)c1cc(-c2cc(N3CCN(c4ncc(CO)cc4C(F)(F)F)C[C@H]3C)nc(N3CCC[C@@H]3C)n2)ccn1. The van der Waals surface area contributed by atoms with Gasteiger partial charge in [0.2, 0.25) is 5.95 Å². The second kappa shape index (κ2) is 11.2. The second-order valence-electron chi connectivity index (χ2n) is 11.1. The van der Waals surface area contributed by atoms with Gasteiger partial charge in [-0.3, -0.25) is 4.98 Å². The van der Waals surface area contributed by atoms with Crippen molar-refractivity contribution in [3.63, 3.8) is 0 Å². The monoisotopic (exact) mass is 555 g/mol. The molecule has 0 amide bonds. The van der Waals surface area contributed by atoms with Gasteiger partial charge in [0, 0.05) is 68.0 Å². The summed E-state index contributed by atoms with van der Waals surface area (Å²) in [5.74, 6) is 1.60. The maximum Gasteiger partial charge on any atom is 0.419 e. The highest BCUT2D eigenvalue weighted by atomic mass is 19.4. The van der Waals surface area contributed by atoms with E-state index in [4.69, 9.17) is 9.97 Å². The summed E-state index contributed by atoms with van der Waals surface area (Å²) >= 11 is 0. The Morgan fingerprint density at radius 2 is 1.80 bits per heavy atom. The Labute approximate surface area is 232 Å². The van der Waals surface area contributed by atoms with E-state index in [2.05, 4.69) is 46.6 Å². The number of anilines is 3. The molecule has 40 heavy (non-hydrogen) atoms. The lowest BCUT2D eigenvalue weighted by Crippen LogP contribution is -2.53. The first kappa shape index (κ1) is 28.1. The molecule has 3 aromatic heterocycles. The van der Waals surface area contributed by atoms with E-state index in [0.29, 0.717) is 31.6 Å². The summed E-state index contributed by atoms with van der Waals surface area (Å²) in [6, 6.07) is 7.18. The van der Waals surface area contributed by atoms with Crippen LogP contribution in [0.4, 0.5) is 30.8 Å². The van der Waals surface area contributed by atoms with Gasteiger partial charge in [0.15, 0.2) is 0 Å². The number of piperazine rings is 1. The number of rotatable bonds is 6. The summed E-state index contributed by atoms with van der Waals surface area (Å²) in [6.07, 6.45) is 0.696. The molecule has 0 radical (unpaired) electrons. The summed E-state index contributed by atoms with van der Waals surface area (Å²) in [4.78, 5) is 24.6. The van der Waals surface area contributed by atoms with E-state index < -0.39 is 18.3 Å². The van der Waals surface area contributed by atoms with Crippen molar-refractivity contribution in [2.45, 2.75) is 71.3 Å². The van der Waals surface area contributed by atoms with Gasteiger partial charge in [0.1, 0.15) is 11.6 Å². The normalized spacial score (nSPS) is 20.1. The Bertz CT molecular complexity index is 1350. The van der Waals surface area contributed by atoms with Crippen molar-refractivity contribution in [2.75, 3.05) is 40.9 Å². The lowest BCUT2D eigenvalue weighted by atomic mass is 10.1. The molecule has 0 aromatic carbocycles. The van der Waals surface area contributed by atoms with Crippen molar-refractivity contribution >= 4 is 17.6 Å². The lowest BCUT2D eigenvalue weighted by molar-refractivity contribution is -0.137. The third-order valence-corrected chi connectivity index (χ3v) is 7.81. The molecule has 2 aliphatic rings. The van der Waals surface area contributed by atoms with Crippen LogP contribution < -0.4 is 14.7 Å². The molecule has 2 saturated heterocycles. The Morgan fingerprint density at radius 3 is 2.45 bits per heavy atom. The molecule has 1 N–H and O–H groups in total. The second-order valence-corrected chi connectivity index (χ2v) is 11.1. The number of aliphatic hydroxyl groups is 1. The maximum absolute atomic E-state index is 13.9. The number of halogens is 3. The molecular formula is C29H36F3N7O. The fraction of sp³-hybridized carbons (Fsp3) is 0.517. The first-order valence-electron chi connectivity index (χ1n) is 13.9. The van der Waals surface area contributed by atoms with Crippen LogP contribution in [-0.2, 0) is 12.8 Å². The highest BCUT2D eigenvalue weighted by molar-refractivity contribution is 5.66. The van der Waals surface area contributed by atoms with E-state index in [1.807, 2.05) is 19.1 Å². The van der Waals surface area contributed by atoms with Gasteiger partial charge < -0.3 is 19.8 Å². The third kappa shape index (κ3) is 5.70. The molecule has 0 bridgehead atoms. The number of aliphatic hydroxyl groups excluding tert-OH is 1. The highest BCUT2D eigenvalue weighted by Gasteiger charge is 2.38. The molecule has 5 heterocycles. The van der Waals surface area contributed by atoms with Crippen LogP contribution in [0.2, 0.25) is 0 Å².